The highest BCUT2D eigenvalue weighted by molar-refractivity contribution is 5.74. The number of ether oxygens (including phenoxy) is 1. The molecule has 2 nitrogen and oxygen atoms in total. The van der Waals surface area contributed by atoms with Crippen molar-refractivity contribution in [2.24, 2.45) is 23.7 Å². The van der Waals surface area contributed by atoms with Crippen LogP contribution in [-0.2, 0) is 9.53 Å². The normalized spacial score (nSPS) is 31.2. The molecule has 4 unspecified atom stereocenters. The minimum Gasteiger partial charge on any atom is -0.462 e. The molecule has 0 aromatic carbocycles. The minimum absolute atomic E-state index is 0.0900. The average Bonchev–Trinajstić information content (AvgIpc) is 3.00. The molecule has 0 spiro atoms. The Morgan fingerprint density at radius 3 is 2.35 bits per heavy atom. The van der Waals surface area contributed by atoms with Crippen molar-refractivity contribution in [3.63, 3.8) is 0 Å². The molecule has 0 radical (unpaired) electrons. The molecular formula is C18H30O2. The zero-order chi connectivity index (χ0) is 14.5. The van der Waals surface area contributed by atoms with Crippen LogP contribution in [-0.4, -0.2) is 12.1 Å². The van der Waals surface area contributed by atoms with E-state index in [0.29, 0.717) is 17.8 Å². The summed E-state index contributed by atoms with van der Waals surface area (Å²) in [4.78, 5) is 12.6. The lowest BCUT2D eigenvalue weighted by Gasteiger charge is -2.28. The predicted octanol–water partition coefficient (Wildman–Crippen LogP) is 4.74. The Morgan fingerprint density at radius 2 is 1.75 bits per heavy atom. The van der Waals surface area contributed by atoms with Gasteiger partial charge in [0.05, 0.1) is 5.92 Å². The summed E-state index contributed by atoms with van der Waals surface area (Å²) < 4.78 is 5.87. The van der Waals surface area contributed by atoms with Gasteiger partial charge >= 0.3 is 5.97 Å². The molecule has 20 heavy (non-hydrogen) atoms. The number of allylic oxidation sites excluding steroid dienone is 2. The van der Waals surface area contributed by atoms with Gasteiger partial charge in [-0.05, 0) is 43.4 Å². The fourth-order valence-corrected chi connectivity index (χ4v) is 4.15. The van der Waals surface area contributed by atoms with Crippen molar-refractivity contribution in [1.82, 2.24) is 0 Å². The summed E-state index contributed by atoms with van der Waals surface area (Å²) in [7, 11) is 0. The Morgan fingerprint density at radius 1 is 1.10 bits per heavy atom. The molecule has 0 aromatic rings. The highest BCUT2D eigenvalue weighted by atomic mass is 16.5. The minimum atomic E-state index is 0.0900. The lowest BCUT2D eigenvalue weighted by molar-refractivity contribution is -0.157. The van der Waals surface area contributed by atoms with Gasteiger partial charge in [-0.2, -0.15) is 0 Å². The van der Waals surface area contributed by atoms with Crippen LogP contribution in [0.3, 0.4) is 0 Å². The summed E-state index contributed by atoms with van der Waals surface area (Å²) in [6.45, 7) is 6.54. The smallest absolute Gasteiger partial charge is 0.310 e. The van der Waals surface area contributed by atoms with E-state index in [0.717, 1.165) is 32.1 Å². The molecule has 2 aliphatic rings. The molecule has 0 aliphatic heterocycles. The summed E-state index contributed by atoms with van der Waals surface area (Å²) in [6, 6.07) is 0. The Bertz CT molecular complexity index is 341. The van der Waals surface area contributed by atoms with Gasteiger partial charge < -0.3 is 4.74 Å². The monoisotopic (exact) mass is 278 g/mol. The first-order chi connectivity index (χ1) is 9.71. The quantitative estimate of drug-likeness (QED) is 0.473. The van der Waals surface area contributed by atoms with E-state index in [1.165, 1.54) is 12.8 Å². The summed E-state index contributed by atoms with van der Waals surface area (Å²) >= 11 is 0. The van der Waals surface area contributed by atoms with E-state index in [4.69, 9.17) is 4.74 Å². The predicted molar refractivity (Wildman–Crippen MR) is 82.3 cm³/mol. The fraction of sp³-hybridized carbons (Fsp3) is 0.833. The van der Waals surface area contributed by atoms with Crippen LogP contribution < -0.4 is 0 Å². The second-order valence-corrected chi connectivity index (χ2v) is 6.56. The molecule has 2 rings (SSSR count). The van der Waals surface area contributed by atoms with Gasteiger partial charge in [0, 0.05) is 0 Å². The van der Waals surface area contributed by atoms with Gasteiger partial charge in [-0.1, -0.05) is 52.2 Å². The van der Waals surface area contributed by atoms with Crippen molar-refractivity contribution in [2.45, 2.75) is 71.8 Å². The van der Waals surface area contributed by atoms with Gasteiger partial charge in [0.1, 0.15) is 6.10 Å². The Kier molecular flexibility index (Phi) is 5.68. The first-order valence-corrected chi connectivity index (χ1v) is 8.60. The lowest BCUT2D eigenvalue weighted by Crippen LogP contribution is -2.32. The number of fused-ring (bicyclic) bond motifs is 2. The summed E-state index contributed by atoms with van der Waals surface area (Å²) in [5.41, 5.74) is 0. The molecular weight excluding hydrogens is 248 g/mol. The third-order valence-corrected chi connectivity index (χ3v) is 5.02. The van der Waals surface area contributed by atoms with Crippen molar-refractivity contribution < 1.29 is 9.53 Å². The van der Waals surface area contributed by atoms with Gasteiger partial charge in [-0.25, -0.2) is 0 Å². The van der Waals surface area contributed by atoms with Crippen molar-refractivity contribution in [2.75, 3.05) is 0 Å². The molecule has 1 saturated carbocycles. The number of hydrogen-bond acceptors (Lipinski definition) is 2. The second kappa shape index (κ2) is 7.28. The highest BCUT2D eigenvalue weighted by Crippen LogP contribution is 2.50. The van der Waals surface area contributed by atoms with Crippen LogP contribution in [0.5, 0.6) is 0 Å². The van der Waals surface area contributed by atoms with Gasteiger partial charge in [-0.3, -0.25) is 4.79 Å². The average molecular weight is 278 g/mol. The van der Waals surface area contributed by atoms with E-state index in [9.17, 15) is 4.79 Å². The zero-order valence-corrected chi connectivity index (χ0v) is 13.3. The van der Waals surface area contributed by atoms with Gasteiger partial charge in [0.2, 0.25) is 0 Å². The van der Waals surface area contributed by atoms with Crippen molar-refractivity contribution in [3.05, 3.63) is 12.2 Å². The first kappa shape index (κ1) is 15.6. The van der Waals surface area contributed by atoms with Gasteiger partial charge in [0.15, 0.2) is 0 Å². The number of carbonyl (C=O) groups excluding carboxylic acids is 1. The molecule has 4 atom stereocenters. The van der Waals surface area contributed by atoms with Crippen molar-refractivity contribution in [1.29, 1.82) is 0 Å². The van der Waals surface area contributed by atoms with Crippen LogP contribution in [0.1, 0.15) is 65.7 Å². The molecule has 2 bridgehead atoms. The van der Waals surface area contributed by atoms with E-state index >= 15 is 0 Å². The molecule has 114 valence electrons. The Labute approximate surface area is 124 Å². The van der Waals surface area contributed by atoms with Crippen LogP contribution in [0.15, 0.2) is 12.2 Å². The van der Waals surface area contributed by atoms with E-state index in [-0.39, 0.29) is 18.0 Å². The van der Waals surface area contributed by atoms with Crippen molar-refractivity contribution in [3.8, 4) is 0 Å². The SMILES string of the molecule is CCCC(CCC)OC(=O)C1C2C=CC(C2)C1CCC. The second-order valence-electron chi connectivity index (χ2n) is 6.56. The van der Waals surface area contributed by atoms with Crippen LogP contribution in [0.25, 0.3) is 0 Å². The molecule has 2 heteroatoms. The summed E-state index contributed by atoms with van der Waals surface area (Å²) in [6.07, 6.45) is 12.4. The Hall–Kier alpha value is -0.790. The van der Waals surface area contributed by atoms with Gasteiger partial charge in [0.25, 0.3) is 0 Å². The summed E-state index contributed by atoms with van der Waals surface area (Å²) in [5.74, 6) is 1.85. The van der Waals surface area contributed by atoms with E-state index in [1.54, 1.807) is 0 Å². The van der Waals surface area contributed by atoms with E-state index in [1.807, 2.05) is 0 Å². The van der Waals surface area contributed by atoms with Crippen LogP contribution in [0.2, 0.25) is 0 Å². The fourth-order valence-electron chi connectivity index (χ4n) is 4.15. The van der Waals surface area contributed by atoms with Crippen LogP contribution in [0, 0.1) is 23.7 Å². The molecule has 0 amide bonds. The molecule has 2 aliphatic carbocycles. The third kappa shape index (κ3) is 3.27. The third-order valence-electron chi connectivity index (χ3n) is 5.02. The molecule has 0 saturated heterocycles. The maximum absolute atomic E-state index is 12.6. The lowest BCUT2D eigenvalue weighted by atomic mass is 9.80. The maximum atomic E-state index is 12.6. The summed E-state index contributed by atoms with van der Waals surface area (Å²) in [5, 5.41) is 0. The number of hydrogen-bond donors (Lipinski definition) is 0. The van der Waals surface area contributed by atoms with Gasteiger partial charge in [-0.15, -0.1) is 0 Å². The zero-order valence-electron chi connectivity index (χ0n) is 13.3. The Balaban J connectivity index is 1.98. The van der Waals surface area contributed by atoms with Crippen LogP contribution in [0.4, 0.5) is 0 Å². The van der Waals surface area contributed by atoms with Crippen molar-refractivity contribution >= 4 is 5.97 Å². The number of carbonyl (C=O) groups is 1. The topological polar surface area (TPSA) is 26.3 Å². The number of esters is 1. The maximum Gasteiger partial charge on any atom is 0.310 e. The van der Waals surface area contributed by atoms with Crippen LogP contribution >= 0.6 is 0 Å². The largest absolute Gasteiger partial charge is 0.462 e. The molecule has 0 N–H and O–H groups in total. The van der Waals surface area contributed by atoms with E-state index in [2.05, 4.69) is 32.9 Å². The molecule has 1 fully saturated rings. The first-order valence-electron chi connectivity index (χ1n) is 8.60. The van der Waals surface area contributed by atoms with E-state index < -0.39 is 0 Å². The standard InChI is InChI=1S/C18H30O2/c1-4-7-15(8-5-2)20-18(19)17-14-11-10-13(12-14)16(17)9-6-3/h10-11,13-17H,4-9,12H2,1-3H3. The number of rotatable bonds is 8. The highest BCUT2D eigenvalue weighted by Gasteiger charge is 2.48. The molecule has 0 heterocycles. The molecule has 0 aromatic heterocycles.